The van der Waals surface area contributed by atoms with Crippen molar-refractivity contribution in [2.45, 2.75) is 53.4 Å². The van der Waals surface area contributed by atoms with Gasteiger partial charge in [-0.1, -0.05) is 120 Å². The number of allylic oxidation sites excluding steroid dienone is 3. The van der Waals surface area contributed by atoms with E-state index in [9.17, 15) is 0 Å². The van der Waals surface area contributed by atoms with Crippen LogP contribution in [0.5, 0.6) is 0 Å². The maximum absolute atomic E-state index is 6.83. The van der Waals surface area contributed by atoms with Gasteiger partial charge >= 0.3 is 0 Å². The predicted molar refractivity (Wildman–Crippen MR) is 214 cm³/mol. The number of fused-ring (bicyclic) bond motifs is 12. The number of furan rings is 2. The maximum atomic E-state index is 6.83. The summed E-state index contributed by atoms with van der Waals surface area (Å²) in [4.78, 5) is 2.55. The standard InChI is InChI=1S/C46H39BN2O2/c1-45(2,3)26-21-22-32-35(23-26)48(34-18-12-15-29-28-13-7-9-19-38(28)50-43(29)34)36-24-27(46(4,5)6)25-37-41(36)47(32)33-17-11-16-31-40-30-14-8-10-20-39(30)51-44(40)49(37)42(31)33/h7-20,22-26H,21H2,1-6H3. The number of aromatic nitrogens is 1. The van der Waals surface area contributed by atoms with Crippen LogP contribution in [-0.4, -0.2) is 11.3 Å². The molecule has 0 spiro atoms. The van der Waals surface area contributed by atoms with Crippen molar-refractivity contribution in [2.75, 3.05) is 4.90 Å². The van der Waals surface area contributed by atoms with Crippen molar-refractivity contribution in [2.24, 2.45) is 11.3 Å². The van der Waals surface area contributed by atoms with E-state index in [1.54, 1.807) is 0 Å². The molecule has 4 nitrogen and oxygen atoms in total. The van der Waals surface area contributed by atoms with Gasteiger partial charge in [-0.3, -0.25) is 4.57 Å². The average molecular weight is 663 g/mol. The third-order valence-corrected chi connectivity index (χ3v) is 12.0. The average Bonchev–Trinajstić information content (AvgIpc) is 3.78. The molecule has 0 amide bonds. The highest BCUT2D eigenvalue weighted by molar-refractivity contribution is 6.96. The third kappa shape index (κ3) is 3.81. The number of para-hydroxylation sites is 4. The van der Waals surface area contributed by atoms with Crippen LogP contribution in [0.3, 0.4) is 0 Å². The van der Waals surface area contributed by atoms with Gasteiger partial charge in [-0.2, -0.15) is 0 Å². The highest BCUT2D eigenvalue weighted by Crippen LogP contribution is 2.50. The first-order chi connectivity index (χ1) is 24.6. The van der Waals surface area contributed by atoms with Crippen molar-refractivity contribution in [1.82, 2.24) is 4.57 Å². The summed E-state index contributed by atoms with van der Waals surface area (Å²) in [6.45, 7) is 14.2. The summed E-state index contributed by atoms with van der Waals surface area (Å²) in [5, 5.41) is 5.90. The van der Waals surface area contributed by atoms with Gasteiger partial charge in [-0.05, 0) is 75.5 Å². The van der Waals surface area contributed by atoms with Crippen molar-refractivity contribution >= 4 is 83.9 Å². The van der Waals surface area contributed by atoms with Crippen molar-refractivity contribution in [1.29, 1.82) is 0 Å². The van der Waals surface area contributed by atoms with E-state index >= 15 is 0 Å². The predicted octanol–water partition coefficient (Wildman–Crippen LogP) is 11.2. The normalized spacial score (nSPS) is 17.1. The van der Waals surface area contributed by atoms with E-state index in [0.29, 0.717) is 5.92 Å². The Labute approximate surface area is 297 Å². The Balaban J connectivity index is 1.32. The molecule has 1 atom stereocenters. The molecule has 0 saturated heterocycles. The van der Waals surface area contributed by atoms with Crippen molar-refractivity contribution in [3.05, 3.63) is 126 Å². The van der Waals surface area contributed by atoms with E-state index in [2.05, 4.69) is 160 Å². The smallest absolute Gasteiger partial charge is 0.251 e. The summed E-state index contributed by atoms with van der Waals surface area (Å²) >= 11 is 0. The van der Waals surface area contributed by atoms with Gasteiger partial charge < -0.3 is 13.7 Å². The van der Waals surface area contributed by atoms with Crippen LogP contribution in [0.15, 0.2) is 129 Å². The number of nitrogens with zero attached hydrogens (tertiary/aromatic N) is 2. The van der Waals surface area contributed by atoms with Crippen LogP contribution in [-0.2, 0) is 5.41 Å². The molecule has 0 fully saturated rings. The topological polar surface area (TPSA) is 34.5 Å². The Kier molecular flexibility index (Phi) is 5.56. The van der Waals surface area contributed by atoms with Gasteiger partial charge in [0, 0.05) is 38.6 Å². The monoisotopic (exact) mass is 662 g/mol. The highest BCUT2D eigenvalue weighted by atomic mass is 16.3. The van der Waals surface area contributed by atoms with Gasteiger partial charge in [0.15, 0.2) is 5.58 Å². The SMILES string of the molecule is CC(C)(C)c1cc2c3c(c1)-n1c4oc5ccccc5c4c4cccc(c41)B3C1=CCC(C(C)(C)C)C=C1N2c1cccc2c1oc1ccccc12. The molecule has 8 aromatic rings. The number of benzene rings is 5. The molecule has 5 aromatic carbocycles. The van der Waals surface area contributed by atoms with E-state index in [-0.39, 0.29) is 17.5 Å². The van der Waals surface area contributed by atoms with Gasteiger partial charge in [0.2, 0.25) is 5.71 Å². The summed E-state index contributed by atoms with van der Waals surface area (Å²) in [5.74, 6) is 0.386. The molecule has 0 radical (unpaired) electrons. The largest absolute Gasteiger partial charge is 0.454 e. The lowest BCUT2D eigenvalue weighted by Crippen LogP contribution is -2.56. The zero-order valence-corrected chi connectivity index (χ0v) is 30.0. The van der Waals surface area contributed by atoms with Crippen LogP contribution in [0.1, 0.15) is 53.5 Å². The fraction of sp³-hybridized carbons (Fsp3) is 0.217. The fourth-order valence-electron chi connectivity index (χ4n) is 9.31. The highest BCUT2D eigenvalue weighted by Gasteiger charge is 2.46. The van der Waals surface area contributed by atoms with Gasteiger partial charge in [-0.25, -0.2) is 0 Å². The lowest BCUT2D eigenvalue weighted by molar-refractivity contribution is 0.292. The molecule has 0 N–H and O–H groups in total. The lowest BCUT2D eigenvalue weighted by Gasteiger charge is -2.45. The minimum Gasteiger partial charge on any atom is -0.454 e. The molecule has 2 aliphatic heterocycles. The molecule has 11 rings (SSSR count). The molecule has 51 heavy (non-hydrogen) atoms. The quantitative estimate of drug-likeness (QED) is 0.164. The van der Waals surface area contributed by atoms with Gasteiger partial charge in [-0.15, -0.1) is 0 Å². The van der Waals surface area contributed by atoms with Crippen molar-refractivity contribution < 1.29 is 8.83 Å². The summed E-state index contributed by atoms with van der Waals surface area (Å²) in [6, 6.07) is 35.4. The second-order valence-electron chi connectivity index (χ2n) is 17.0. The molecule has 1 aliphatic carbocycles. The molecule has 3 aromatic heterocycles. The molecule has 1 unspecified atom stereocenters. The summed E-state index contributed by atoms with van der Waals surface area (Å²) in [5.41, 5.74) is 15.1. The van der Waals surface area contributed by atoms with Gasteiger partial charge in [0.05, 0.1) is 16.6 Å². The molecule has 248 valence electrons. The second-order valence-corrected chi connectivity index (χ2v) is 17.0. The molecule has 3 aliphatic rings. The first kappa shape index (κ1) is 29.3. The Hall–Kier alpha value is -5.42. The minimum atomic E-state index is -0.0979. The molecule has 0 saturated carbocycles. The molecule has 5 heteroatoms. The minimum absolute atomic E-state index is 0.0868. The van der Waals surface area contributed by atoms with Crippen LogP contribution in [0.4, 0.5) is 11.4 Å². The summed E-state index contributed by atoms with van der Waals surface area (Å²) in [6.07, 6.45) is 6.15. The first-order valence-electron chi connectivity index (χ1n) is 18.3. The maximum Gasteiger partial charge on any atom is 0.251 e. The van der Waals surface area contributed by atoms with E-state index in [1.807, 2.05) is 0 Å². The number of anilines is 2. The number of hydrogen-bond donors (Lipinski definition) is 0. The van der Waals surface area contributed by atoms with E-state index < -0.39 is 0 Å². The van der Waals surface area contributed by atoms with Crippen molar-refractivity contribution in [3.8, 4) is 5.69 Å². The van der Waals surface area contributed by atoms with Crippen LogP contribution < -0.4 is 15.8 Å². The van der Waals surface area contributed by atoms with Crippen LogP contribution in [0, 0.1) is 11.3 Å². The van der Waals surface area contributed by atoms with E-state index in [1.165, 1.54) is 60.7 Å². The van der Waals surface area contributed by atoms with Gasteiger partial charge in [0.1, 0.15) is 11.2 Å². The Morgan fingerprint density at radius 3 is 2.16 bits per heavy atom. The molecule has 5 heterocycles. The third-order valence-electron chi connectivity index (χ3n) is 12.0. The molecular weight excluding hydrogens is 623 g/mol. The zero-order valence-electron chi connectivity index (χ0n) is 30.0. The Bertz CT molecular complexity index is 2880. The molecular formula is C46H39BN2O2. The lowest BCUT2D eigenvalue weighted by atomic mass is 9.32. The summed E-state index contributed by atoms with van der Waals surface area (Å²) in [7, 11) is 0. The Morgan fingerprint density at radius 2 is 1.37 bits per heavy atom. The zero-order chi connectivity index (χ0) is 34.6. The van der Waals surface area contributed by atoms with Crippen molar-refractivity contribution in [3.63, 3.8) is 0 Å². The number of rotatable bonds is 1. The van der Waals surface area contributed by atoms with E-state index in [0.717, 1.165) is 45.3 Å². The van der Waals surface area contributed by atoms with Gasteiger partial charge in [0.25, 0.3) is 6.71 Å². The fourth-order valence-corrected chi connectivity index (χ4v) is 9.31. The van der Waals surface area contributed by atoms with E-state index in [4.69, 9.17) is 8.83 Å². The van der Waals surface area contributed by atoms with Crippen LogP contribution >= 0.6 is 0 Å². The first-order valence-corrected chi connectivity index (χ1v) is 18.3. The Morgan fingerprint density at radius 1 is 0.686 bits per heavy atom. The summed E-state index contributed by atoms with van der Waals surface area (Å²) < 4.78 is 16.1. The van der Waals surface area contributed by atoms with Crippen LogP contribution in [0.25, 0.3) is 60.6 Å². The number of hydrogen-bond acceptors (Lipinski definition) is 3. The molecule has 0 bridgehead atoms. The second kappa shape index (κ2) is 9.67. The van der Waals surface area contributed by atoms with Crippen LogP contribution in [0.2, 0.25) is 0 Å².